The summed E-state index contributed by atoms with van der Waals surface area (Å²) in [6.07, 6.45) is 3.16. The minimum Gasteiger partial charge on any atom is -0.479 e. The zero-order valence-electron chi connectivity index (χ0n) is 14.2. The van der Waals surface area contributed by atoms with Crippen molar-refractivity contribution in [2.24, 2.45) is 0 Å². The molecule has 0 radical (unpaired) electrons. The summed E-state index contributed by atoms with van der Waals surface area (Å²) in [6.45, 7) is 4.06. The van der Waals surface area contributed by atoms with Crippen molar-refractivity contribution in [1.29, 1.82) is 0 Å². The third kappa shape index (κ3) is 7.21. The largest absolute Gasteiger partial charge is 0.479 e. The number of nitrogens with zero attached hydrogens (tertiary/aromatic N) is 1. The van der Waals surface area contributed by atoms with Crippen molar-refractivity contribution in [1.82, 2.24) is 9.71 Å². The highest BCUT2D eigenvalue weighted by molar-refractivity contribution is 7.92. The van der Waals surface area contributed by atoms with Crippen LogP contribution in [0.1, 0.15) is 16.8 Å². The Morgan fingerprint density at radius 3 is 2.56 bits per heavy atom. The fraction of sp³-hybridized carbons (Fsp3) is 0.211. The second-order valence-corrected chi connectivity index (χ2v) is 7.01. The molecule has 6 heteroatoms. The summed E-state index contributed by atoms with van der Waals surface area (Å²) < 4.78 is 31.5. The maximum absolute atomic E-state index is 11.9. The number of aryl methyl sites for hydroxylation is 2. The highest BCUT2D eigenvalue weighted by Gasteiger charge is 2.02. The molecule has 0 bridgehead atoms. The average molecular weight is 356 g/mol. The van der Waals surface area contributed by atoms with E-state index in [1.165, 1.54) is 0 Å². The van der Waals surface area contributed by atoms with Gasteiger partial charge in [0.2, 0.25) is 10.0 Å². The fourth-order valence-corrected chi connectivity index (χ4v) is 2.51. The minimum absolute atomic E-state index is 0.0239. The molecule has 0 saturated heterocycles. The zero-order valence-corrected chi connectivity index (χ0v) is 15.0. The van der Waals surface area contributed by atoms with E-state index in [1.807, 2.05) is 50.2 Å². The first kappa shape index (κ1) is 18.7. The summed E-state index contributed by atoms with van der Waals surface area (Å²) in [5.74, 6) is 6.09. The van der Waals surface area contributed by atoms with Gasteiger partial charge in [-0.2, -0.15) is 4.72 Å². The smallest absolute Gasteiger partial charge is 0.234 e. The van der Waals surface area contributed by atoms with Crippen LogP contribution in [-0.2, 0) is 10.0 Å². The summed E-state index contributed by atoms with van der Waals surface area (Å²) in [7, 11) is -3.52. The Bertz CT molecular complexity index is 875. The molecule has 0 amide bonds. The van der Waals surface area contributed by atoms with Gasteiger partial charge in [-0.15, -0.1) is 0 Å². The number of aromatic nitrogens is 1. The Balaban J connectivity index is 1.76. The Morgan fingerprint density at radius 2 is 1.88 bits per heavy atom. The lowest BCUT2D eigenvalue weighted by Crippen LogP contribution is -2.21. The molecule has 1 aromatic carbocycles. The maximum atomic E-state index is 11.9. The zero-order chi connectivity index (χ0) is 18.1. The number of nitrogens with one attached hydrogen (secondary N) is 1. The standard InChI is InChI=1S/C19H20N2O3S/c1-16-5-8-18(9-6-16)11-14-25(22,23)21-12-3-4-13-24-19-10-7-17(2)20-15-19/h5-11,14-15,21H,12-13H2,1-2H3/b14-11+. The van der Waals surface area contributed by atoms with E-state index in [0.717, 1.165) is 22.2 Å². The Morgan fingerprint density at radius 1 is 1.12 bits per heavy atom. The number of ether oxygens (including phenoxy) is 1. The van der Waals surface area contributed by atoms with Crippen LogP contribution >= 0.6 is 0 Å². The van der Waals surface area contributed by atoms with Crippen LogP contribution in [0.25, 0.3) is 6.08 Å². The van der Waals surface area contributed by atoms with Gasteiger partial charge in [0.1, 0.15) is 12.4 Å². The molecule has 0 spiro atoms. The second-order valence-electron chi connectivity index (χ2n) is 5.36. The summed E-state index contributed by atoms with van der Waals surface area (Å²) in [5.41, 5.74) is 2.85. The number of hydrogen-bond donors (Lipinski definition) is 1. The van der Waals surface area contributed by atoms with Gasteiger partial charge in [0, 0.05) is 11.1 Å². The SMILES string of the molecule is Cc1ccc(/C=C/S(=O)(=O)NCC#CCOc2ccc(C)nc2)cc1. The van der Waals surface area contributed by atoms with Crippen LogP contribution in [0.15, 0.2) is 48.0 Å². The van der Waals surface area contributed by atoms with Crippen LogP contribution in [0.2, 0.25) is 0 Å². The first-order valence-electron chi connectivity index (χ1n) is 7.70. The van der Waals surface area contributed by atoms with Gasteiger partial charge in [0.15, 0.2) is 0 Å². The van der Waals surface area contributed by atoms with Gasteiger partial charge in [-0.3, -0.25) is 4.98 Å². The lowest BCUT2D eigenvalue weighted by atomic mass is 10.2. The molecule has 0 aliphatic rings. The Labute approximate surface area is 148 Å². The lowest BCUT2D eigenvalue weighted by molar-refractivity contribution is 0.368. The van der Waals surface area contributed by atoms with E-state index < -0.39 is 10.0 Å². The Hall–Kier alpha value is -2.62. The number of pyridine rings is 1. The molecule has 25 heavy (non-hydrogen) atoms. The molecule has 0 atom stereocenters. The molecule has 1 N–H and O–H groups in total. The van der Waals surface area contributed by atoms with Crippen LogP contribution in [-0.4, -0.2) is 26.6 Å². The first-order valence-corrected chi connectivity index (χ1v) is 9.25. The van der Waals surface area contributed by atoms with Gasteiger partial charge >= 0.3 is 0 Å². The van der Waals surface area contributed by atoms with Crippen LogP contribution in [0.4, 0.5) is 0 Å². The fourth-order valence-electron chi connectivity index (χ4n) is 1.80. The van der Waals surface area contributed by atoms with Gasteiger partial charge in [-0.1, -0.05) is 41.7 Å². The van der Waals surface area contributed by atoms with Crippen LogP contribution in [0.3, 0.4) is 0 Å². The molecule has 0 fully saturated rings. The van der Waals surface area contributed by atoms with Crippen LogP contribution < -0.4 is 9.46 Å². The molecule has 0 unspecified atom stereocenters. The number of rotatable bonds is 6. The van der Waals surface area contributed by atoms with Crippen LogP contribution in [0.5, 0.6) is 5.75 Å². The van der Waals surface area contributed by atoms with Gasteiger partial charge < -0.3 is 4.74 Å². The normalized spacial score (nSPS) is 11.1. The van der Waals surface area contributed by atoms with E-state index in [4.69, 9.17) is 4.74 Å². The van der Waals surface area contributed by atoms with Gasteiger partial charge in [0.25, 0.3) is 0 Å². The molecule has 1 aromatic heterocycles. The predicted octanol–water partition coefficient (Wildman–Crippen LogP) is 2.67. The van der Waals surface area contributed by atoms with E-state index in [0.29, 0.717) is 5.75 Å². The summed E-state index contributed by atoms with van der Waals surface area (Å²) >= 11 is 0. The second kappa shape index (κ2) is 9.02. The highest BCUT2D eigenvalue weighted by atomic mass is 32.2. The van der Waals surface area contributed by atoms with E-state index in [2.05, 4.69) is 21.5 Å². The van der Waals surface area contributed by atoms with Crippen molar-refractivity contribution in [3.8, 4) is 17.6 Å². The van der Waals surface area contributed by atoms with Crippen LogP contribution in [0, 0.1) is 25.7 Å². The van der Waals surface area contributed by atoms with E-state index in [1.54, 1.807) is 12.3 Å². The third-order valence-electron chi connectivity index (χ3n) is 3.20. The van der Waals surface area contributed by atoms with Crippen molar-refractivity contribution in [3.05, 3.63) is 64.8 Å². The number of hydrogen-bond acceptors (Lipinski definition) is 4. The molecule has 0 aliphatic heterocycles. The van der Waals surface area contributed by atoms with Gasteiger partial charge in [-0.25, -0.2) is 8.42 Å². The van der Waals surface area contributed by atoms with Crippen molar-refractivity contribution < 1.29 is 13.2 Å². The van der Waals surface area contributed by atoms with Crippen molar-refractivity contribution >= 4 is 16.1 Å². The molecular weight excluding hydrogens is 336 g/mol. The molecular formula is C19H20N2O3S. The molecule has 1 heterocycles. The number of benzene rings is 1. The highest BCUT2D eigenvalue weighted by Crippen LogP contribution is 2.08. The summed E-state index contributed by atoms with van der Waals surface area (Å²) in [4.78, 5) is 4.10. The Kier molecular flexibility index (Phi) is 6.75. The lowest BCUT2D eigenvalue weighted by Gasteiger charge is -2.01. The predicted molar refractivity (Wildman–Crippen MR) is 99.4 cm³/mol. The van der Waals surface area contributed by atoms with Crippen molar-refractivity contribution in [2.75, 3.05) is 13.2 Å². The molecule has 130 valence electrons. The molecule has 0 saturated carbocycles. The topological polar surface area (TPSA) is 68.3 Å². The average Bonchev–Trinajstić information content (AvgIpc) is 2.59. The van der Waals surface area contributed by atoms with E-state index in [9.17, 15) is 8.42 Å². The van der Waals surface area contributed by atoms with Crippen molar-refractivity contribution in [2.45, 2.75) is 13.8 Å². The monoisotopic (exact) mass is 356 g/mol. The third-order valence-corrected chi connectivity index (χ3v) is 4.24. The van der Waals surface area contributed by atoms with Gasteiger partial charge in [0.05, 0.1) is 12.7 Å². The first-order chi connectivity index (χ1) is 11.9. The van der Waals surface area contributed by atoms with Gasteiger partial charge in [-0.05, 0) is 37.6 Å². The minimum atomic E-state index is -3.52. The van der Waals surface area contributed by atoms with E-state index >= 15 is 0 Å². The number of sulfonamides is 1. The van der Waals surface area contributed by atoms with Crippen molar-refractivity contribution in [3.63, 3.8) is 0 Å². The molecule has 5 nitrogen and oxygen atoms in total. The summed E-state index contributed by atoms with van der Waals surface area (Å²) in [6, 6.07) is 11.2. The molecule has 0 aliphatic carbocycles. The summed E-state index contributed by atoms with van der Waals surface area (Å²) in [5, 5.41) is 1.13. The molecule has 2 aromatic rings. The molecule has 2 rings (SSSR count). The van der Waals surface area contributed by atoms with E-state index in [-0.39, 0.29) is 13.2 Å². The maximum Gasteiger partial charge on any atom is 0.234 e. The quantitative estimate of drug-likeness (QED) is 0.808.